The van der Waals surface area contributed by atoms with Crippen molar-refractivity contribution >= 4 is 21.8 Å². The van der Waals surface area contributed by atoms with Crippen LogP contribution in [0.4, 0.5) is 0 Å². The van der Waals surface area contributed by atoms with E-state index in [-0.39, 0.29) is 28.5 Å². The predicted octanol–water partition coefficient (Wildman–Crippen LogP) is 13.6. The van der Waals surface area contributed by atoms with Crippen LogP contribution in [0.2, 0.25) is 0 Å². The Morgan fingerprint density at radius 3 is 1.66 bits per heavy atom. The number of aromatic nitrogens is 4. The number of hydrogen-bond donors (Lipinski definition) is 0. The maximum Gasteiger partial charge on any atom is 0.164 e. The van der Waals surface area contributed by atoms with E-state index in [4.69, 9.17) is 21.8 Å². The van der Waals surface area contributed by atoms with Gasteiger partial charge in [-0.15, -0.1) is 0 Å². The summed E-state index contributed by atoms with van der Waals surface area (Å²) in [5.74, 6) is 0.327. The van der Waals surface area contributed by atoms with Crippen molar-refractivity contribution in [2.75, 3.05) is 0 Å². The van der Waals surface area contributed by atoms with Gasteiger partial charge >= 0.3 is 0 Å². The summed E-state index contributed by atoms with van der Waals surface area (Å²) in [6, 6.07) is 41.5. The normalized spacial score (nSPS) is 15.0. The Morgan fingerprint density at radius 2 is 0.948 bits per heavy atom. The lowest BCUT2D eigenvalue weighted by atomic mass is 9.82. The molecule has 0 saturated heterocycles. The fourth-order valence-electron chi connectivity index (χ4n) is 8.43. The summed E-state index contributed by atoms with van der Waals surface area (Å²) in [7, 11) is 0. The van der Waals surface area contributed by atoms with Crippen molar-refractivity contribution in [3.05, 3.63) is 205 Å². The second-order valence-corrected chi connectivity index (χ2v) is 15.0. The van der Waals surface area contributed by atoms with E-state index in [0.29, 0.717) is 11.1 Å². The summed E-state index contributed by atoms with van der Waals surface area (Å²) in [5, 5.41) is 2.17. The molecule has 2 heterocycles. The number of benzene rings is 8. The van der Waals surface area contributed by atoms with Crippen molar-refractivity contribution in [1.82, 2.24) is 19.5 Å². The lowest BCUT2D eigenvalue weighted by Gasteiger charge is -2.21. The van der Waals surface area contributed by atoms with E-state index in [9.17, 15) is 5.48 Å². The van der Waals surface area contributed by atoms with Crippen LogP contribution >= 0.6 is 0 Å². The monoisotopic (exact) mass is 751 g/mol. The highest BCUT2D eigenvalue weighted by molar-refractivity contribution is 6.09. The molecule has 0 fully saturated rings. The third kappa shape index (κ3) is 5.48. The molecule has 4 nitrogen and oxygen atoms in total. The molecule has 0 atom stereocenters. The van der Waals surface area contributed by atoms with Gasteiger partial charge in [0.05, 0.1) is 29.1 Å². The van der Waals surface area contributed by atoms with Crippen molar-refractivity contribution in [3.63, 3.8) is 0 Å². The molecule has 0 N–H and O–H groups in total. The second-order valence-electron chi connectivity index (χ2n) is 15.0. The molecular formula is C54H38N4. The maximum absolute atomic E-state index is 9.38. The smallest absolute Gasteiger partial charge is 0.164 e. The fraction of sp³-hybridized carbons (Fsp3) is 0.0556. The molecule has 1 aliphatic carbocycles. The lowest BCUT2D eigenvalue weighted by Crippen LogP contribution is -2.14. The molecule has 0 aliphatic heterocycles. The predicted molar refractivity (Wildman–Crippen MR) is 239 cm³/mol. The molecule has 0 amide bonds. The first-order valence-electron chi connectivity index (χ1n) is 23.6. The maximum atomic E-state index is 9.38. The minimum atomic E-state index is -0.650. The van der Waals surface area contributed by atoms with E-state index in [1.54, 1.807) is 0 Å². The van der Waals surface area contributed by atoms with Crippen LogP contribution in [0, 0.1) is 0 Å². The minimum Gasteiger partial charge on any atom is -0.309 e. The molecule has 2 aromatic heterocycles. The molecule has 1 aliphatic rings. The summed E-state index contributed by atoms with van der Waals surface area (Å²) in [6.45, 7) is 4.39. The largest absolute Gasteiger partial charge is 0.309 e. The zero-order valence-electron chi connectivity index (χ0n) is 40.6. The van der Waals surface area contributed by atoms with E-state index < -0.39 is 65.5 Å². The van der Waals surface area contributed by atoms with Crippen molar-refractivity contribution in [2.24, 2.45) is 0 Å². The quantitative estimate of drug-likeness (QED) is 0.170. The molecule has 0 unspecified atom stereocenters. The van der Waals surface area contributed by atoms with Crippen LogP contribution in [-0.4, -0.2) is 19.5 Å². The molecule has 274 valence electrons. The van der Waals surface area contributed by atoms with Crippen LogP contribution in [0.15, 0.2) is 194 Å². The summed E-state index contributed by atoms with van der Waals surface area (Å²) < 4.78 is 81.4. The van der Waals surface area contributed by atoms with Gasteiger partial charge in [-0.25, -0.2) is 15.0 Å². The summed E-state index contributed by atoms with van der Waals surface area (Å²) in [5.41, 5.74) is 9.15. The molecular weight excluding hydrogens is 705 g/mol. The molecule has 4 heteroatoms. The summed E-state index contributed by atoms with van der Waals surface area (Å²) in [4.78, 5) is 15.0. The zero-order valence-corrected chi connectivity index (χ0v) is 31.6. The van der Waals surface area contributed by atoms with Crippen molar-refractivity contribution < 1.29 is 12.3 Å². The molecule has 10 aromatic rings. The topological polar surface area (TPSA) is 43.6 Å². The highest BCUT2D eigenvalue weighted by Crippen LogP contribution is 2.49. The highest BCUT2D eigenvalue weighted by Gasteiger charge is 2.35. The van der Waals surface area contributed by atoms with Crippen LogP contribution in [0.5, 0.6) is 0 Å². The molecule has 0 bridgehead atoms. The first-order chi connectivity index (χ1) is 32.3. The Labute approximate surface area is 350 Å². The SMILES string of the molecule is [2H]c1c([2H])c([2H])c(-c2c([2H])c([2H])c(-c3nc(-c4ccc5c(c4)-c4ccccc4C5(C)C)nc(-c4ccc(-c5ccccc5)c(-n5c6ccccc6c6ccccc65)c4)n3)c([2H])c2[2H])c([2H])c1[2H]. The number of fused-ring (bicyclic) bond motifs is 6. The highest BCUT2D eigenvalue weighted by atomic mass is 15.0. The Balaban J connectivity index is 1.18. The van der Waals surface area contributed by atoms with Crippen molar-refractivity contribution in [3.8, 4) is 73.2 Å². The molecule has 0 saturated carbocycles. The summed E-state index contributed by atoms with van der Waals surface area (Å²) in [6.07, 6.45) is 0. The fourth-order valence-corrected chi connectivity index (χ4v) is 8.43. The van der Waals surface area contributed by atoms with Gasteiger partial charge in [0.25, 0.3) is 0 Å². The Kier molecular flexibility index (Phi) is 5.91. The van der Waals surface area contributed by atoms with Gasteiger partial charge in [0.1, 0.15) is 0 Å². The lowest BCUT2D eigenvalue weighted by molar-refractivity contribution is 0.660. The zero-order chi connectivity index (χ0) is 46.6. The average molecular weight is 752 g/mol. The molecule has 11 rings (SSSR count). The van der Waals surface area contributed by atoms with Gasteiger partial charge in [0.15, 0.2) is 17.5 Å². The Bertz CT molecular complexity index is 3620. The van der Waals surface area contributed by atoms with Crippen LogP contribution in [0.25, 0.3) is 95.0 Å². The second kappa shape index (κ2) is 13.4. The first-order valence-corrected chi connectivity index (χ1v) is 19.1. The van der Waals surface area contributed by atoms with Gasteiger partial charge in [-0.3, -0.25) is 0 Å². The minimum absolute atomic E-state index is 0.128. The van der Waals surface area contributed by atoms with E-state index >= 15 is 0 Å². The van der Waals surface area contributed by atoms with Crippen LogP contribution < -0.4 is 0 Å². The van der Waals surface area contributed by atoms with Crippen molar-refractivity contribution in [1.29, 1.82) is 0 Å². The van der Waals surface area contributed by atoms with Gasteiger partial charge in [-0.2, -0.15) is 0 Å². The van der Waals surface area contributed by atoms with E-state index in [0.717, 1.165) is 55.3 Å². The van der Waals surface area contributed by atoms with E-state index in [1.165, 1.54) is 5.56 Å². The third-order valence-electron chi connectivity index (χ3n) is 11.2. The first kappa shape index (κ1) is 25.7. The summed E-state index contributed by atoms with van der Waals surface area (Å²) >= 11 is 0. The number of para-hydroxylation sites is 2. The molecule has 8 aromatic carbocycles. The number of rotatable bonds is 6. The molecule has 0 radical (unpaired) electrons. The van der Waals surface area contributed by atoms with Crippen LogP contribution in [0.1, 0.15) is 37.3 Å². The van der Waals surface area contributed by atoms with Gasteiger partial charge in [-0.05, 0) is 63.2 Å². The van der Waals surface area contributed by atoms with E-state index in [1.807, 2.05) is 84.9 Å². The van der Waals surface area contributed by atoms with Crippen molar-refractivity contribution in [2.45, 2.75) is 19.3 Å². The van der Waals surface area contributed by atoms with Gasteiger partial charge < -0.3 is 4.57 Å². The average Bonchev–Trinajstić information content (AvgIpc) is 3.81. The van der Waals surface area contributed by atoms with E-state index in [2.05, 4.69) is 73.0 Å². The standard InChI is InChI=1S/C54H38N4/c1-54(2)46-22-12-9-19-42(46)45-33-39(30-32-47(45)54)52-55-51(38-27-25-36(26-28-38)35-15-5-3-6-16-35)56-53(57-52)40-29-31-41(37-17-7-4-8-18-37)50(34-40)58-48-23-13-10-20-43(48)44-21-11-14-24-49(44)58/h3-34H,1-2H3/i3D,5D,6D,15D,16D,25D,26D,27D,28D. The molecule has 0 spiro atoms. The van der Waals surface area contributed by atoms with Gasteiger partial charge in [-0.1, -0.05) is 183 Å². The third-order valence-corrected chi connectivity index (χ3v) is 11.2. The Hall–Kier alpha value is -7.43. The van der Waals surface area contributed by atoms with Crippen LogP contribution in [-0.2, 0) is 5.41 Å². The van der Waals surface area contributed by atoms with Crippen LogP contribution in [0.3, 0.4) is 0 Å². The Morgan fingerprint density at radius 1 is 0.414 bits per heavy atom. The van der Waals surface area contributed by atoms with Gasteiger partial charge in [0, 0.05) is 38.4 Å². The number of nitrogens with zero attached hydrogens (tertiary/aromatic N) is 4. The van der Waals surface area contributed by atoms with Gasteiger partial charge in [0.2, 0.25) is 0 Å². The molecule has 58 heavy (non-hydrogen) atoms. The number of hydrogen-bond acceptors (Lipinski definition) is 3.